The Balaban J connectivity index is 1.84. The zero-order chi connectivity index (χ0) is 26.5. The molecule has 1 aliphatic heterocycles. The lowest BCUT2D eigenvalue weighted by atomic mass is 9.67. The second-order valence-corrected chi connectivity index (χ2v) is 11.0. The first-order valence-corrected chi connectivity index (χ1v) is 12.6. The Morgan fingerprint density at radius 3 is 2.24 bits per heavy atom. The largest absolute Gasteiger partial charge is 0.507 e. The van der Waals surface area contributed by atoms with E-state index in [1.165, 1.54) is 12.1 Å². The molecule has 1 aliphatic carbocycles. The summed E-state index contributed by atoms with van der Waals surface area (Å²) in [6, 6.07) is 20.4. The van der Waals surface area contributed by atoms with Crippen LogP contribution in [0.4, 0.5) is 10.1 Å². The van der Waals surface area contributed by atoms with Gasteiger partial charge in [0.05, 0.1) is 0 Å². The predicted molar refractivity (Wildman–Crippen MR) is 147 cm³/mol. The molecule has 0 amide bonds. The number of nitrogens with zero attached hydrogens (tertiary/aromatic N) is 1. The van der Waals surface area contributed by atoms with Crippen LogP contribution in [0.15, 0.2) is 89.6 Å². The van der Waals surface area contributed by atoms with Crippen LogP contribution in [0.25, 0.3) is 5.76 Å². The molecule has 1 unspecified atom stereocenters. The monoisotopic (exact) mass is 514 g/mol. The van der Waals surface area contributed by atoms with Crippen molar-refractivity contribution >= 4 is 34.7 Å². The average Bonchev–Trinajstić information content (AvgIpc) is 2.84. The van der Waals surface area contributed by atoms with Crippen molar-refractivity contribution in [3.63, 3.8) is 0 Å². The Morgan fingerprint density at radius 2 is 1.62 bits per heavy atom. The van der Waals surface area contributed by atoms with Crippen LogP contribution in [0.1, 0.15) is 49.3 Å². The van der Waals surface area contributed by atoms with Crippen molar-refractivity contribution in [1.29, 1.82) is 5.41 Å². The van der Waals surface area contributed by atoms with Gasteiger partial charge in [-0.3, -0.25) is 15.1 Å². The Morgan fingerprint density at radius 1 is 1.00 bits per heavy atom. The van der Waals surface area contributed by atoms with Crippen LogP contribution in [0, 0.1) is 23.6 Å². The summed E-state index contributed by atoms with van der Waals surface area (Å²) in [7, 11) is 0. The first-order valence-electron chi connectivity index (χ1n) is 12.2. The third-order valence-electron chi connectivity index (χ3n) is 7.09. The molecule has 188 valence electrons. The standard InChI is InChI=1S/C31H28ClFN2O2/c1-18-4-14-23(15-5-18)35-24-16-31(2,3)17-25(36)27(24)26(19-8-12-22(33)13-9-19)28(30(35)34)29(37)20-6-10-21(32)11-7-20/h4-15,26,34,37H,16-17H2,1-3H3/b29-28+,34-30?. The third-order valence-corrected chi connectivity index (χ3v) is 7.34. The van der Waals surface area contributed by atoms with Crippen LogP contribution in [0.5, 0.6) is 0 Å². The average molecular weight is 515 g/mol. The number of aliphatic hydroxyl groups is 1. The highest BCUT2D eigenvalue weighted by Gasteiger charge is 2.46. The highest BCUT2D eigenvalue weighted by molar-refractivity contribution is 6.30. The molecule has 3 aromatic carbocycles. The van der Waals surface area contributed by atoms with E-state index in [9.17, 15) is 19.7 Å². The van der Waals surface area contributed by atoms with E-state index >= 15 is 0 Å². The molecule has 0 saturated heterocycles. The number of rotatable bonds is 3. The SMILES string of the molecule is Cc1ccc(N2C(=N)/C(=C(/O)c3ccc(Cl)cc3)C(c3ccc(F)cc3)C3=C2CC(C)(C)CC3=O)cc1. The molecule has 2 aliphatic rings. The van der Waals surface area contributed by atoms with Crippen molar-refractivity contribution in [3.05, 3.63) is 117 Å². The number of nitrogens with one attached hydrogen (secondary N) is 1. The Hall–Kier alpha value is -3.70. The Kier molecular flexibility index (Phi) is 6.28. The molecule has 1 atom stereocenters. The smallest absolute Gasteiger partial charge is 0.162 e. The fourth-order valence-electron chi connectivity index (χ4n) is 5.34. The molecule has 37 heavy (non-hydrogen) atoms. The van der Waals surface area contributed by atoms with Crippen LogP contribution in [0.2, 0.25) is 5.02 Å². The van der Waals surface area contributed by atoms with Gasteiger partial charge in [-0.25, -0.2) is 4.39 Å². The number of Topliss-reactive ketones (excluding diaryl/α,β-unsaturated/α-hetero) is 1. The number of aryl methyl sites for hydroxylation is 1. The number of hydrogen-bond acceptors (Lipinski definition) is 3. The summed E-state index contributed by atoms with van der Waals surface area (Å²) in [5.41, 5.74) is 4.22. The van der Waals surface area contributed by atoms with E-state index in [-0.39, 0.29) is 22.8 Å². The molecule has 1 heterocycles. The minimum absolute atomic E-state index is 0.0356. The van der Waals surface area contributed by atoms with E-state index in [4.69, 9.17) is 11.6 Å². The first kappa shape index (κ1) is 25.0. The molecule has 0 spiro atoms. The highest BCUT2D eigenvalue weighted by atomic mass is 35.5. The highest BCUT2D eigenvalue weighted by Crippen LogP contribution is 2.51. The van der Waals surface area contributed by atoms with E-state index in [0.717, 1.165) is 16.9 Å². The van der Waals surface area contributed by atoms with Crippen LogP contribution in [0.3, 0.4) is 0 Å². The lowest BCUT2D eigenvalue weighted by Gasteiger charge is -2.45. The van der Waals surface area contributed by atoms with Gasteiger partial charge in [-0.05, 0) is 72.9 Å². The Bertz CT molecular complexity index is 1450. The van der Waals surface area contributed by atoms with E-state index < -0.39 is 11.7 Å². The second-order valence-electron chi connectivity index (χ2n) is 10.6. The van der Waals surface area contributed by atoms with Crippen LogP contribution < -0.4 is 4.90 Å². The number of aliphatic hydroxyl groups excluding tert-OH is 1. The molecule has 6 heteroatoms. The molecule has 0 radical (unpaired) electrons. The van der Waals surface area contributed by atoms with Gasteiger partial charge in [0.15, 0.2) is 5.78 Å². The molecule has 0 saturated carbocycles. The normalized spacial score (nSPS) is 20.7. The molecule has 5 rings (SSSR count). The molecule has 0 fully saturated rings. The van der Waals surface area contributed by atoms with Crippen molar-refractivity contribution in [3.8, 4) is 0 Å². The number of benzene rings is 3. The van der Waals surface area contributed by atoms with Crippen molar-refractivity contribution in [2.75, 3.05) is 4.90 Å². The maximum absolute atomic E-state index is 13.9. The number of allylic oxidation sites excluding steroid dienone is 2. The quantitative estimate of drug-likeness (QED) is 0.348. The van der Waals surface area contributed by atoms with Crippen LogP contribution in [-0.4, -0.2) is 16.7 Å². The van der Waals surface area contributed by atoms with Gasteiger partial charge >= 0.3 is 0 Å². The Labute approximate surface area is 221 Å². The van der Waals surface area contributed by atoms with E-state index in [2.05, 4.69) is 13.8 Å². The summed E-state index contributed by atoms with van der Waals surface area (Å²) in [6.45, 7) is 6.09. The first-order chi connectivity index (χ1) is 17.6. The zero-order valence-electron chi connectivity index (χ0n) is 21.0. The molecule has 4 nitrogen and oxygen atoms in total. The number of halogens is 2. The molecule has 3 aromatic rings. The van der Waals surface area contributed by atoms with Crippen molar-refractivity contribution in [2.45, 2.75) is 39.5 Å². The number of carbonyl (C=O) groups excluding carboxylic acids is 1. The van der Waals surface area contributed by atoms with Gasteiger partial charge in [-0.1, -0.05) is 55.3 Å². The predicted octanol–water partition coefficient (Wildman–Crippen LogP) is 7.98. The lowest BCUT2D eigenvalue weighted by Crippen LogP contribution is -2.45. The van der Waals surface area contributed by atoms with Crippen LogP contribution >= 0.6 is 11.6 Å². The number of amidine groups is 1. The maximum Gasteiger partial charge on any atom is 0.162 e. The summed E-state index contributed by atoms with van der Waals surface area (Å²) in [4.78, 5) is 15.6. The van der Waals surface area contributed by atoms with E-state index in [0.29, 0.717) is 40.1 Å². The molecular formula is C31H28ClFN2O2. The van der Waals surface area contributed by atoms with E-state index in [1.54, 1.807) is 41.3 Å². The molecule has 0 bridgehead atoms. The zero-order valence-corrected chi connectivity index (χ0v) is 21.7. The maximum atomic E-state index is 13.9. The fraction of sp³-hybridized carbons (Fsp3) is 0.226. The van der Waals surface area contributed by atoms with Gasteiger partial charge in [0.25, 0.3) is 0 Å². The van der Waals surface area contributed by atoms with Gasteiger partial charge in [0, 0.05) is 45.5 Å². The lowest BCUT2D eigenvalue weighted by molar-refractivity contribution is -0.118. The van der Waals surface area contributed by atoms with Gasteiger partial charge in [-0.2, -0.15) is 0 Å². The number of anilines is 1. The molecule has 0 aromatic heterocycles. The van der Waals surface area contributed by atoms with Crippen molar-refractivity contribution in [2.24, 2.45) is 5.41 Å². The summed E-state index contributed by atoms with van der Waals surface area (Å²) >= 11 is 6.09. The van der Waals surface area contributed by atoms with Crippen molar-refractivity contribution < 1.29 is 14.3 Å². The number of carbonyl (C=O) groups is 1. The summed E-state index contributed by atoms with van der Waals surface area (Å²) < 4.78 is 13.9. The van der Waals surface area contributed by atoms with Gasteiger partial charge in [0.1, 0.15) is 17.4 Å². The minimum Gasteiger partial charge on any atom is -0.507 e. The molecular weight excluding hydrogens is 487 g/mol. The number of hydrogen-bond donors (Lipinski definition) is 2. The van der Waals surface area contributed by atoms with Crippen LogP contribution in [-0.2, 0) is 4.79 Å². The fourth-order valence-corrected chi connectivity index (χ4v) is 5.47. The second kappa shape index (κ2) is 9.31. The van der Waals surface area contributed by atoms with Gasteiger partial charge in [0.2, 0.25) is 0 Å². The van der Waals surface area contributed by atoms with Crippen molar-refractivity contribution in [1.82, 2.24) is 0 Å². The van der Waals surface area contributed by atoms with Gasteiger partial charge < -0.3 is 5.11 Å². The molecule has 2 N–H and O–H groups in total. The summed E-state index contributed by atoms with van der Waals surface area (Å²) in [5.74, 6) is -1.18. The summed E-state index contributed by atoms with van der Waals surface area (Å²) in [5, 5.41) is 21.6. The number of ketones is 1. The topological polar surface area (TPSA) is 64.4 Å². The minimum atomic E-state index is -0.718. The third kappa shape index (κ3) is 4.60. The summed E-state index contributed by atoms with van der Waals surface area (Å²) in [6.07, 6.45) is 0.921. The van der Waals surface area contributed by atoms with E-state index in [1.807, 2.05) is 31.2 Å². The van der Waals surface area contributed by atoms with Gasteiger partial charge in [-0.15, -0.1) is 0 Å².